The fourth-order valence-corrected chi connectivity index (χ4v) is 7.89. The van der Waals surface area contributed by atoms with Gasteiger partial charge in [0.15, 0.2) is 17.5 Å². The third kappa shape index (κ3) is 4.90. The lowest BCUT2D eigenvalue weighted by atomic mass is 9.95. The van der Waals surface area contributed by atoms with Gasteiger partial charge in [0.25, 0.3) is 0 Å². The lowest BCUT2D eigenvalue weighted by molar-refractivity contribution is 0.669. The quantitative estimate of drug-likeness (QED) is 0.180. The highest BCUT2D eigenvalue weighted by Gasteiger charge is 2.17. The van der Waals surface area contributed by atoms with Gasteiger partial charge in [0.2, 0.25) is 0 Å². The van der Waals surface area contributed by atoms with E-state index in [4.69, 9.17) is 19.4 Å². The standard InChI is InChI=1S/C49H30N4O/c1-3-13-31(14-4-1)47-50-48(52-49(51-47)35-25-26-46-42(28-35)39-21-8-10-24-45(39)54-46)34-17-11-15-32(27-34)37-22-12-16-33-29-44-41(30-40(33)37)38-20-7-9-23-43(38)53(44)36-18-5-2-6-19-36/h1-30H. The first-order chi connectivity index (χ1) is 26.7. The van der Waals surface area contributed by atoms with Crippen LogP contribution in [0.25, 0.3) is 105 Å². The van der Waals surface area contributed by atoms with Crippen LogP contribution >= 0.6 is 0 Å². The third-order valence-electron chi connectivity index (χ3n) is 10.4. The molecule has 0 saturated carbocycles. The summed E-state index contributed by atoms with van der Waals surface area (Å²) in [6.07, 6.45) is 0. The molecule has 0 N–H and O–H groups in total. The van der Waals surface area contributed by atoms with E-state index in [1.165, 1.54) is 32.6 Å². The molecule has 3 aromatic heterocycles. The molecule has 0 unspecified atom stereocenters. The summed E-state index contributed by atoms with van der Waals surface area (Å²) in [5.41, 5.74) is 10.2. The van der Waals surface area contributed by atoms with Crippen molar-refractivity contribution in [1.29, 1.82) is 0 Å². The van der Waals surface area contributed by atoms with Gasteiger partial charge in [-0.05, 0) is 82.6 Å². The summed E-state index contributed by atoms with van der Waals surface area (Å²) in [7, 11) is 0. The maximum absolute atomic E-state index is 6.13. The Morgan fingerprint density at radius 1 is 0.352 bits per heavy atom. The molecular weight excluding hydrogens is 661 g/mol. The molecule has 8 aromatic carbocycles. The first kappa shape index (κ1) is 30.3. The van der Waals surface area contributed by atoms with Crippen molar-refractivity contribution in [2.75, 3.05) is 0 Å². The molecule has 0 saturated heterocycles. The molecule has 5 nitrogen and oxygen atoms in total. The van der Waals surface area contributed by atoms with E-state index in [-0.39, 0.29) is 0 Å². The predicted octanol–water partition coefficient (Wildman–Crippen LogP) is 12.7. The van der Waals surface area contributed by atoms with Gasteiger partial charge in [-0.2, -0.15) is 0 Å². The highest BCUT2D eigenvalue weighted by atomic mass is 16.3. The largest absolute Gasteiger partial charge is 0.456 e. The summed E-state index contributed by atoms with van der Waals surface area (Å²) in [4.78, 5) is 15.2. The fraction of sp³-hybridized carbons (Fsp3) is 0. The Hall–Kier alpha value is -7.37. The molecule has 0 bridgehead atoms. The van der Waals surface area contributed by atoms with Gasteiger partial charge in [0.05, 0.1) is 11.0 Å². The first-order valence-electron chi connectivity index (χ1n) is 18.1. The molecule has 11 rings (SSSR count). The Kier molecular flexibility index (Phi) is 6.79. The number of benzene rings is 8. The maximum Gasteiger partial charge on any atom is 0.164 e. The monoisotopic (exact) mass is 690 g/mol. The zero-order valence-corrected chi connectivity index (χ0v) is 29.0. The molecule has 252 valence electrons. The molecule has 0 aliphatic carbocycles. The normalized spacial score (nSPS) is 11.7. The van der Waals surface area contributed by atoms with Crippen LogP contribution in [0.2, 0.25) is 0 Å². The summed E-state index contributed by atoms with van der Waals surface area (Å²) in [6.45, 7) is 0. The number of hydrogen-bond donors (Lipinski definition) is 0. The van der Waals surface area contributed by atoms with E-state index in [1.54, 1.807) is 0 Å². The van der Waals surface area contributed by atoms with Crippen LogP contribution in [-0.2, 0) is 0 Å². The van der Waals surface area contributed by atoms with Crippen molar-refractivity contribution in [3.05, 3.63) is 182 Å². The van der Waals surface area contributed by atoms with Crippen molar-refractivity contribution < 1.29 is 4.42 Å². The lowest BCUT2D eigenvalue weighted by Gasteiger charge is -2.12. The van der Waals surface area contributed by atoms with Gasteiger partial charge in [-0.15, -0.1) is 0 Å². The molecule has 3 heterocycles. The molecule has 11 aromatic rings. The molecule has 0 spiro atoms. The van der Waals surface area contributed by atoms with Crippen LogP contribution < -0.4 is 0 Å². The van der Waals surface area contributed by atoms with Gasteiger partial charge in [-0.25, -0.2) is 15.0 Å². The van der Waals surface area contributed by atoms with Gasteiger partial charge < -0.3 is 8.98 Å². The van der Waals surface area contributed by atoms with E-state index in [9.17, 15) is 0 Å². The van der Waals surface area contributed by atoms with Crippen LogP contribution in [0.15, 0.2) is 186 Å². The topological polar surface area (TPSA) is 56.7 Å². The number of nitrogens with zero attached hydrogens (tertiary/aromatic N) is 4. The first-order valence-corrected chi connectivity index (χ1v) is 18.1. The minimum absolute atomic E-state index is 0.610. The number of hydrogen-bond acceptors (Lipinski definition) is 4. The Morgan fingerprint density at radius 3 is 1.81 bits per heavy atom. The van der Waals surface area contributed by atoms with Crippen molar-refractivity contribution in [1.82, 2.24) is 19.5 Å². The summed E-state index contributed by atoms with van der Waals surface area (Å²) in [5.74, 6) is 1.85. The molecule has 0 aliphatic rings. The van der Waals surface area contributed by atoms with Crippen LogP contribution in [0.5, 0.6) is 0 Å². The van der Waals surface area contributed by atoms with E-state index >= 15 is 0 Å². The van der Waals surface area contributed by atoms with Crippen molar-refractivity contribution in [2.24, 2.45) is 0 Å². The zero-order valence-electron chi connectivity index (χ0n) is 29.0. The lowest BCUT2D eigenvalue weighted by Crippen LogP contribution is -2.00. The second kappa shape index (κ2) is 12.1. The third-order valence-corrected chi connectivity index (χ3v) is 10.4. The summed E-state index contributed by atoms with van der Waals surface area (Å²) >= 11 is 0. The highest BCUT2D eigenvalue weighted by molar-refractivity contribution is 6.15. The molecular formula is C49H30N4O. The van der Waals surface area contributed by atoms with Crippen LogP contribution in [0.3, 0.4) is 0 Å². The summed E-state index contributed by atoms with van der Waals surface area (Å²) < 4.78 is 8.49. The van der Waals surface area contributed by atoms with E-state index in [0.29, 0.717) is 17.5 Å². The Bertz CT molecular complexity index is 3220. The Morgan fingerprint density at radius 2 is 0.981 bits per heavy atom. The smallest absolute Gasteiger partial charge is 0.164 e. The van der Waals surface area contributed by atoms with Gasteiger partial charge in [0, 0.05) is 43.9 Å². The van der Waals surface area contributed by atoms with Crippen molar-refractivity contribution in [3.8, 4) is 51.0 Å². The molecule has 0 amide bonds. The number of para-hydroxylation sites is 3. The van der Waals surface area contributed by atoms with Crippen LogP contribution in [0.4, 0.5) is 0 Å². The SMILES string of the molecule is c1ccc(-c2nc(-c3cccc(-c4cccc5cc6c(cc45)c4ccccc4n6-c4ccccc4)c3)nc(-c3ccc4oc5ccccc5c4c3)n2)cc1. The molecule has 0 fully saturated rings. The number of fused-ring (bicyclic) bond motifs is 7. The van der Waals surface area contributed by atoms with Crippen LogP contribution in [0, 0.1) is 0 Å². The predicted molar refractivity (Wildman–Crippen MR) is 221 cm³/mol. The molecule has 54 heavy (non-hydrogen) atoms. The highest BCUT2D eigenvalue weighted by Crippen LogP contribution is 2.39. The molecule has 0 aliphatic heterocycles. The second-order valence-corrected chi connectivity index (χ2v) is 13.6. The number of furan rings is 1. The Labute approximate surface area is 310 Å². The van der Waals surface area contributed by atoms with Crippen LogP contribution in [-0.4, -0.2) is 19.5 Å². The van der Waals surface area contributed by atoms with Crippen molar-refractivity contribution in [2.45, 2.75) is 0 Å². The summed E-state index contributed by atoms with van der Waals surface area (Å²) in [6, 6.07) is 63.5. The maximum atomic E-state index is 6.13. The minimum atomic E-state index is 0.610. The van der Waals surface area contributed by atoms with E-state index in [1.807, 2.05) is 60.7 Å². The van der Waals surface area contributed by atoms with E-state index < -0.39 is 0 Å². The van der Waals surface area contributed by atoms with Crippen molar-refractivity contribution >= 4 is 54.5 Å². The van der Waals surface area contributed by atoms with E-state index in [0.717, 1.165) is 55.4 Å². The fourth-order valence-electron chi connectivity index (χ4n) is 7.89. The minimum Gasteiger partial charge on any atom is -0.456 e. The molecule has 0 radical (unpaired) electrons. The number of aromatic nitrogens is 4. The van der Waals surface area contributed by atoms with Gasteiger partial charge in [-0.3, -0.25) is 0 Å². The Balaban J connectivity index is 1.08. The second-order valence-electron chi connectivity index (χ2n) is 13.6. The molecule has 0 atom stereocenters. The van der Waals surface area contributed by atoms with Gasteiger partial charge in [0.1, 0.15) is 11.2 Å². The van der Waals surface area contributed by atoms with Crippen molar-refractivity contribution in [3.63, 3.8) is 0 Å². The average Bonchev–Trinajstić information content (AvgIpc) is 3.78. The van der Waals surface area contributed by atoms with Gasteiger partial charge in [-0.1, -0.05) is 121 Å². The van der Waals surface area contributed by atoms with E-state index in [2.05, 4.69) is 126 Å². The van der Waals surface area contributed by atoms with Gasteiger partial charge >= 0.3 is 0 Å². The summed E-state index contributed by atoms with van der Waals surface area (Å²) in [5, 5.41) is 6.93. The number of rotatable bonds is 5. The van der Waals surface area contributed by atoms with Crippen LogP contribution in [0.1, 0.15) is 0 Å². The zero-order chi connectivity index (χ0) is 35.6. The molecule has 5 heteroatoms. The average molecular weight is 691 g/mol.